The molecule has 2 rings (SSSR count). The van der Waals surface area contributed by atoms with E-state index in [1.807, 2.05) is 0 Å². The van der Waals surface area contributed by atoms with Gasteiger partial charge in [-0.05, 0) is 24.3 Å². The summed E-state index contributed by atoms with van der Waals surface area (Å²) in [6.07, 6.45) is 1.17. The van der Waals surface area contributed by atoms with Crippen molar-refractivity contribution in [1.82, 2.24) is 9.97 Å². The Bertz CT molecular complexity index is 749. The molecule has 0 saturated carbocycles. The van der Waals surface area contributed by atoms with Crippen LogP contribution in [0.5, 0.6) is 11.6 Å². The van der Waals surface area contributed by atoms with Gasteiger partial charge in [0.15, 0.2) is 5.82 Å². The summed E-state index contributed by atoms with van der Waals surface area (Å²) in [6.45, 7) is 0. The van der Waals surface area contributed by atoms with Gasteiger partial charge in [0, 0.05) is 5.69 Å². The molecule has 22 heavy (non-hydrogen) atoms. The standard InChI is InChI=1S/C12H15N5O4S/c1-20-10-11(14-7-15-12(10)21-2)17-22(18,19)9-5-3-8(16-13)4-6-9/h3-7,16H,13H2,1-2H3,(H,14,15,17). The lowest BCUT2D eigenvalue weighted by Gasteiger charge is -2.12. The average molecular weight is 325 g/mol. The van der Waals surface area contributed by atoms with E-state index in [2.05, 4.69) is 20.1 Å². The van der Waals surface area contributed by atoms with Crippen molar-refractivity contribution in [3.63, 3.8) is 0 Å². The Labute approximate surface area is 127 Å². The lowest BCUT2D eigenvalue weighted by molar-refractivity contribution is 0.342. The summed E-state index contributed by atoms with van der Waals surface area (Å²) >= 11 is 0. The quantitative estimate of drug-likeness (QED) is 0.519. The molecule has 0 spiro atoms. The molecule has 118 valence electrons. The zero-order chi connectivity index (χ0) is 16.2. The first kappa shape index (κ1) is 15.8. The maximum absolute atomic E-state index is 12.3. The SMILES string of the molecule is COc1ncnc(NS(=O)(=O)c2ccc(NN)cc2)c1OC. The third-order valence-corrected chi connectivity index (χ3v) is 4.09. The lowest BCUT2D eigenvalue weighted by Crippen LogP contribution is -2.15. The van der Waals surface area contributed by atoms with E-state index in [4.69, 9.17) is 15.3 Å². The monoisotopic (exact) mass is 325 g/mol. The lowest BCUT2D eigenvalue weighted by atomic mass is 10.3. The minimum absolute atomic E-state index is 0.0182. The fourth-order valence-electron chi connectivity index (χ4n) is 1.68. The number of nitrogen functional groups attached to an aromatic ring is 1. The number of sulfonamides is 1. The van der Waals surface area contributed by atoms with Gasteiger partial charge in [0.25, 0.3) is 15.9 Å². The molecule has 0 unspecified atom stereocenters. The van der Waals surface area contributed by atoms with E-state index in [0.29, 0.717) is 5.69 Å². The van der Waals surface area contributed by atoms with Gasteiger partial charge in [0.2, 0.25) is 5.75 Å². The molecule has 0 amide bonds. The Morgan fingerprint density at radius 1 is 1.09 bits per heavy atom. The Morgan fingerprint density at radius 3 is 2.32 bits per heavy atom. The van der Waals surface area contributed by atoms with Gasteiger partial charge in [-0.3, -0.25) is 10.6 Å². The van der Waals surface area contributed by atoms with E-state index in [0.717, 1.165) is 0 Å². The minimum atomic E-state index is -3.84. The van der Waals surface area contributed by atoms with E-state index >= 15 is 0 Å². The van der Waals surface area contributed by atoms with Crippen LogP contribution >= 0.6 is 0 Å². The normalized spacial score (nSPS) is 10.9. The van der Waals surface area contributed by atoms with Crippen LogP contribution in [-0.4, -0.2) is 32.6 Å². The minimum Gasteiger partial charge on any atom is -0.489 e. The molecule has 0 fully saturated rings. The smallest absolute Gasteiger partial charge is 0.263 e. The number of methoxy groups -OCH3 is 2. The molecule has 1 heterocycles. The highest BCUT2D eigenvalue weighted by Crippen LogP contribution is 2.32. The van der Waals surface area contributed by atoms with Crippen LogP contribution in [0.25, 0.3) is 0 Å². The second-order valence-corrected chi connectivity index (χ2v) is 5.72. The molecule has 0 bridgehead atoms. The second kappa shape index (κ2) is 6.45. The molecule has 0 radical (unpaired) electrons. The molecule has 4 N–H and O–H groups in total. The number of rotatable bonds is 6. The van der Waals surface area contributed by atoms with Gasteiger partial charge >= 0.3 is 0 Å². The first-order valence-electron chi connectivity index (χ1n) is 6.04. The molecule has 0 aliphatic carbocycles. The molecule has 0 saturated heterocycles. The predicted molar refractivity (Wildman–Crippen MR) is 80.2 cm³/mol. The molecule has 1 aromatic heterocycles. The zero-order valence-corrected chi connectivity index (χ0v) is 12.7. The summed E-state index contributed by atoms with van der Waals surface area (Å²) in [4.78, 5) is 7.75. The van der Waals surface area contributed by atoms with Crippen molar-refractivity contribution in [2.45, 2.75) is 4.90 Å². The van der Waals surface area contributed by atoms with Crippen molar-refractivity contribution in [3.8, 4) is 11.6 Å². The number of ether oxygens (including phenoxy) is 2. The Morgan fingerprint density at radius 2 is 1.77 bits per heavy atom. The largest absolute Gasteiger partial charge is 0.489 e. The van der Waals surface area contributed by atoms with E-state index in [1.165, 1.54) is 44.8 Å². The van der Waals surface area contributed by atoms with Crippen LogP contribution in [0.1, 0.15) is 0 Å². The summed E-state index contributed by atoms with van der Waals surface area (Å²) in [5, 5.41) is 0. The zero-order valence-electron chi connectivity index (χ0n) is 11.9. The van der Waals surface area contributed by atoms with E-state index < -0.39 is 10.0 Å². The molecule has 0 aliphatic rings. The highest BCUT2D eigenvalue weighted by molar-refractivity contribution is 7.92. The van der Waals surface area contributed by atoms with Crippen molar-refractivity contribution < 1.29 is 17.9 Å². The summed E-state index contributed by atoms with van der Waals surface area (Å²) < 4.78 is 37.1. The van der Waals surface area contributed by atoms with E-state index in [9.17, 15) is 8.42 Å². The third-order valence-electron chi connectivity index (χ3n) is 2.73. The number of anilines is 2. The summed E-state index contributed by atoms with van der Waals surface area (Å²) in [5.41, 5.74) is 3.00. The predicted octanol–water partition coefficient (Wildman–Crippen LogP) is 0.580. The number of hydrogen-bond acceptors (Lipinski definition) is 8. The summed E-state index contributed by atoms with van der Waals surface area (Å²) in [6, 6.07) is 5.88. The molecule has 1 aromatic carbocycles. The van der Waals surface area contributed by atoms with Crippen LogP contribution in [0, 0.1) is 0 Å². The maximum Gasteiger partial charge on any atom is 0.263 e. The Kier molecular flexibility index (Phi) is 4.63. The van der Waals surface area contributed by atoms with E-state index in [-0.39, 0.29) is 22.3 Å². The number of nitrogens with one attached hydrogen (secondary N) is 2. The third kappa shape index (κ3) is 3.18. The second-order valence-electron chi connectivity index (χ2n) is 4.04. The van der Waals surface area contributed by atoms with Crippen LogP contribution < -0.4 is 25.5 Å². The summed E-state index contributed by atoms with van der Waals surface area (Å²) in [7, 11) is -1.09. The van der Waals surface area contributed by atoms with Crippen molar-refractivity contribution in [2.24, 2.45) is 5.84 Å². The molecule has 0 aliphatic heterocycles. The molecule has 0 atom stereocenters. The number of nitrogens with two attached hydrogens (primary N) is 1. The van der Waals surface area contributed by atoms with Gasteiger partial charge < -0.3 is 14.9 Å². The van der Waals surface area contributed by atoms with Gasteiger partial charge in [-0.2, -0.15) is 4.98 Å². The average Bonchev–Trinajstić information content (AvgIpc) is 2.54. The van der Waals surface area contributed by atoms with Crippen molar-refractivity contribution in [3.05, 3.63) is 30.6 Å². The van der Waals surface area contributed by atoms with Gasteiger partial charge in [-0.25, -0.2) is 13.4 Å². The Hall–Kier alpha value is -2.59. The van der Waals surface area contributed by atoms with Crippen LogP contribution in [0.15, 0.2) is 35.5 Å². The van der Waals surface area contributed by atoms with Crippen LogP contribution in [0.2, 0.25) is 0 Å². The molecule has 2 aromatic rings. The van der Waals surface area contributed by atoms with Gasteiger partial charge in [0.05, 0.1) is 19.1 Å². The Balaban J connectivity index is 2.36. The number of nitrogens with zero attached hydrogens (tertiary/aromatic N) is 2. The molecular weight excluding hydrogens is 310 g/mol. The first-order valence-corrected chi connectivity index (χ1v) is 7.52. The highest BCUT2D eigenvalue weighted by atomic mass is 32.2. The number of aromatic nitrogens is 2. The van der Waals surface area contributed by atoms with Gasteiger partial charge in [-0.1, -0.05) is 0 Å². The van der Waals surface area contributed by atoms with Gasteiger partial charge in [0.1, 0.15) is 6.33 Å². The molecule has 9 nitrogen and oxygen atoms in total. The molecular formula is C12H15N5O4S. The fraction of sp³-hybridized carbons (Fsp3) is 0.167. The van der Waals surface area contributed by atoms with Crippen LogP contribution in [0.3, 0.4) is 0 Å². The van der Waals surface area contributed by atoms with Crippen LogP contribution in [0.4, 0.5) is 11.5 Å². The van der Waals surface area contributed by atoms with Crippen molar-refractivity contribution in [1.29, 1.82) is 0 Å². The molecule has 10 heteroatoms. The highest BCUT2D eigenvalue weighted by Gasteiger charge is 2.20. The fourth-order valence-corrected chi connectivity index (χ4v) is 2.69. The van der Waals surface area contributed by atoms with E-state index in [1.54, 1.807) is 0 Å². The number of benzene rings is 1. The summed E-state index contributed by atoms with van der Waals surface area (Å²) in [5.74, 6) is 5.44. The number of hydrazine groups is 1. The topological polar surface area (TPSA) is 128 Å². The first-order chi connectivity index (χ1) is 10.5. The van der Waals surface area contributed by atoms with Crippen molar-refractivity contribution in [2.75, 3.05) is 24.4 Å². The number of hydrogen-bond donors (Lipinski definition) is 3. The maximum atomic E-state index is 12.3. The van der Waals surface area contributed by atoms with Crippen LogP contribution in [-0.2, 0) is 10.0 Å². The van der Waals surface area contributed by atoms with Crippen molar-refractivity contribution >= 4 is 21.5 Å². The van der Waals surface area contributed by atoms with Gasteiger partial charge in [-0.15, -0.1) is 0 Å².